The van der Waals surface area contributed by atoms with Gasteiger partial charge in [0.25, 0.3) is 0 Å². The molecule has 0 aliphatic heterocycles. The number of tetrazole rings is 1. The predicted octanol–water partition coefficient (Wildman–Crippen LogP) is 1.08. The highest BCUT2D eigenvalue weighted by atomic mass is 32.1. The Balaban J connectivity index is 1.87. The normalized spacial score (nSPS) is 10.1. The molecule has 1 aromatic heterocycles. The van der Waals surface area contributed by atoms with Crippen LogP contribution >= 0.6 is 12.2 Å². The molecule has 0 aliphatic carbocycles. The van der Waals surface area contributed by atoms with Crippen molar-refractivity contribution in [2.45, 2.75) is 13.2 Å². The molecule has 0 aliphatic rings. The van der Waals surface area contributed by atoms with E-state index in [-0.39, 0.29) is 17.9 Å². The Morgan fingerprint density at radius 3 is 2.82 bits per heavy atom. The molecule has 0 unspecified atom stereocenters. The van der Waals surface area contributed by atoms with E-state index >= 15 is 0 Å². The van der Waals surface area contributed by atoms with Gasteiger partial charge in [-0.2, -0.15) is 5.21 Å². The number of nitrogens with one attached hydrogen (secondary N) is 1. The van der Waals surface area contributed by atoms with E-state index in [0.717, 1.165) is 5.56 Å². The van der Waals surface area contributed by atoms with Gasteiger partial charge < -0.3 is 4.74 Å². The lowest BCUT2D eigenvalue weighted by atomic mass is 10.2. The quantitative estimate of drug-likeness (QED) is 0.649. The number of hydrogen-bond acceptors (Lipinski definition) is 5. The van der Waals surface area contributed by atoms with E-state index in [4.69, 9.17) is 17.0 Å². The van der Waals surface area contributed by atoms with Crippen molar-refractivity contribution in [1.82, 2.24) is 20.2 Å². The van der Waals surface area contributed by atoms with E-state index in [2.05, 4.69) is 15.5 Å². The number of rotatable bonds is 4. The first kappa shape index (κ1) is 11.5. The van der Waals surface area contributed by atoms with Crippen molar-refractivity contribution in [3.8, 4) is 0 Å². The minimum absolute atomic E-state index is 0.0152. The Kier molecular flexibility index (Phi) is 3.61. The number of H-pyrrole nitrogens is 1. The molecule has 0 radical (unpaired) electrons. The molecule has 1 N–H and O–H groups in total. The fourth-order valence-corrected chi connectivity index (χ4v) is 1.38. The van der Waals surface area contributed by atoms with Gasteiger partial charge in [-0.25, -0.2) is 4.68 Å². The molecule has 2 rings (SSSR count). The van der Waals surface area contributed by atoms with E-state index < -0.39 is 5.97 Å². The van der Waals surface area contributed by atoms with Crippen LogP contribution in [0.2, 0.25) is 0 Å². The van der Waals surface area contributed by atoms with Gasteiger partial charge in [0.2, 0.25) is 4.77 Å². The molecule has 0 saturated heterocycles. The fourth-order valence-electron chi connectivity index (χ4n) is 1.23. The van der Waals surface area contributed by atoms with Gasteiger partial charge in [0.15, 0.2) is 0 Å². The van der Waals surface area contributed by atoms with E-state index in [0.29, 0.717) is 0 Å². The monoisotopic (exact) mass is 250 g/mol. The number of aromatic nitrogens is 4. The molecule has 7 heteroatoms. The number of carbonyl (C=O) groups is 1. The molecule has 0 bridgehead atoms. The molecule has 1 heterocycles. The Morgan fingerprint density at radius 2 is 2.18 bits per heavy atom. The van der Waals surface area contributed by atoms with Crippen LogP contribution < -0.4 is 0 Å². The van der Waals surface area contributed by atoms with Crippen molar-refractivity contribution in [3.63, 3.8) is 0 Å². The summed E-state index contributed by atoms with van der Waals surface area (Å²) in [5, 5.41) is 9.51. The predicted molar refractivity (Wildman–Crippen MR) is 61.4 cm³/mol. The van der Waals surface area contributed by atoms with Crippen LogP contribution in [0.25, 0.3) is 0 Å². The third kappa shape index (κ3) is 3.22. The highest BCUT2D eigenvalue weighted by Crippen LogP contribution is 2.01. The number of nitrogens with zero attached hydrogens (tertiary/aromatic N) is 3. The van der Waals surface area contributed by atoms with Gasteiger partial charge in [-0.15, -0.1) is 0 Å². The van der Waals surface area contributed by atoms with Crippen molar-refractivity contribution in [3.05, 3.63) is 40.7 Å². The van der Waals surface area contributed by atoms with Gasteiger partial charge in [0, 0.05) is 0 Å². The molecule has 1 aromatic carbocycles. The zero-order valence-electron chi connectivity index (χ0n) is 8.87. The van der Waals surface area contributed by atoms with Crippen LogP contribution in [0.5, 0.6) is 0 Å². The van der Waals surface area contributed by atoms with Gasteiger partial charge in [-0.1, -0.05) is 40.6 Å². The van der Waals surface area contributed by atoms with Crippen LogP contribution in [-0.4, -0.2) is 26.2 Å². The molecule has 0 amide bonds. The lowest BCUT2D eigenvalue weighted by Gasteiger charge is -2.04. The lowest BCUT2D eigenvalue weighted by Crippen LogP contribution is -2.14. The second-order valence-electron chi connectivity index (χ2n) is 3.32. The maximum Gasteiger partial charge on any atom is 0.328 e. The van der Waals surface area contributed by atoms with Crippen LogP contribution in [0.1, 0.15) is 5.56 Å². The molecule has 88 valence electrons. The van der Waals surface area contributed by atoms with Crippen LogP contribution in [-0.2, 0) is 22.7 Å². The molecule has 0 spiro atoms. The average Bonchev–Trinajstić information content (AvgIpc) is 2.74. The zero-order valence-corrected chi connectivity index (χ0v) is 9.68. The van der Waals surface area contributed by atoms with E-state index in [1.807, 2.05) is 30.3 Å². The van der Waals surface area contributed by atoms with Gasteiger partial charge in [0.05, 0.1) is 0 Å². The fraction of sp³-hybridized carbons (Fsp3) is 0.200. The van der Waals surface area contributed by atoms with E-state index in [9.17, 15) is 4.79 Å². The standard InChI is InChI=1S/C10H10N4O2S/c15-9(6-14-10(17)11-12-13-14)16-7-8-4-2-1-3-5-8/h1-5H,6-7H2,(H,11,13,17). The summed E-state index contributed by atoms with van der Waals surface area (Å²) in [6.07, 6.45) is 0. The second-order valence-corrected chi connectivity index (χ2v) is 3.68. The van der Waals surface area contributed by atoms with Crippen molar-refractivity contribution in [2.75, 3.05) is 0 Å². The van der Waals surface area contributed by atoms with Crippen molar-refractivity contribution in [1.29, 1.82) is 0 Å². The number of aromatic amines is 1. The Hall–Kier alpha value is -2.02. The third-order valence-electron chi connectivity index (χ3n) is 2.06. The van der Waals surface area contributed by atoms with Gasteiger partial charge >= 0.3 is 5.97 Å². The number of esters is 1. The van der Waals surface area contributed by atoms with Crippen molar-refractivity contribution < 1.29 is 9.53 Å². The minimum Gasteiger partial charge on any atom is -0.459 e. The van der Waals surface area contributed by atoms with Crippen LogP contribution in [0.4, 0.5) is 0 Å². The molecule has 17 heavy (non-hydrogen) atoms. The Labute approximate surface area is 102 Å². The molecule has 0 saturated carbocycles. The first-order valence-electron chi connectivity index (χ1n) is 4.93. The van der Waals surface area contributed by atoms with Crippen LogP contribution in [0, 0.1) is 4.77 Å². The minimum atomic E-state index is -0.393. The number of carbonyl (C=O) groups excluding carboxylic acids is 1. The molecule has 0 atom stereocenters. The Bertz CT molecular complexity index is 549. The van der Waals surface area contributed by atoms with E-state index in [1.54, 1.807) is 0 Å². The summed E-state index contributed by atoms with van der Waals surface area (Å²) in [6.45, 7) is 0.229. The SMILES string of the molecule is O=C(Cn1[nH]nnc1=S)OCc1ccccc1. The second kappa shape index (κ2) is 5.35. The van der Waals surface area contributed by atoms with Crippen LogP contribution in [0.3, 0.4) is 0 Å². The summed E-state index contributed by atoms with van der Waals surface area (Å²) >= 11 is 4.83. The number of ether oxygens (including phenoxy) is 1. The first-order chi connectivity index (χ1) is 8.25. The highest BCUT2D eigenvalue weighted by molar-refractivity contribution is 7.71. The maximum absolute atomic E-state index is 11.5. The summed E-state index contributed by atoms with van der Waals surface area (Å²) in [7, 11) is 0. The number of benzene rings is 1. The molecular formula is C10H10N4O2S. The van der Waals surface area contributed by atoms with Crippen molar-refractivity contribution in [2.24, 2.45) is 0 Å². The van der Waals surface area contributed by atoms with E-state index in [1.165, 1.54) is 4.68 Å². The summed E-state index contributed by atoms with van der Waals surface area (Å²) in [5.74, 6) is -0.393. The maximum atomic E-state index is 11.5. The summed E-state index contributed by atoms with van der Waals surface area (Å²) in [4.78, 5) is 11.5. The molecular weight excluding hydrogens is 240 g/mol. The largest absolute Gasteiger partial charge is 0.459 e. The lowest BCUT2D eigenvalue weighted by molar-refractivity contribution is -0.145. The topological polar surface area (TPSA) is 72.8 Å². The highest BCUT2D eigenvalue weighted by Gasteiger charge is 2.06. The summed E-state index contributed by atoms with van der Waals surface area (Å²) < 4.78 is 6.63. The Morgan fingerprint density at radius 1 is 1.41 bits per heavy atom. The molecule has 0 fully saturated rings. The van der Waals surface area contributed by atoms with Crippen molar-refractivity contribution >= 4 is 18.2 Å². The van der Waals surface area contributed by atoms with Crippen LogP contribution in [0.15, 0.2) is 30.3 Å². The summed E-state index contributed by atoms with van der Waals surface area (Å²) in [6, 6.07) is 9.45. The third-order valence-corrected chi connectivity index (χ3v) is 2.36. The molecule has 2 aromatic rings. The zero-order chi connectivity index (χ0) is 12.1. The number of hydrogen-bond donors (Lipinski definition) is 1. The smallest absolute Gasteiger partial charge is 0.328 e. The van der Waals surface area contributed by atoms with Gasteiger partial charge in [-0.05, 0) is 17.8 Å². The molecule has 6 nitrogen and oxygen atoms in total. The first-order valence-corrected chi connectivity index (χ1v) is 5.34. The average molecular weight is 250 g/mol. The van der Waals surface area contributed by atoms with Gasteiger partial charge in [-0.3, -0.25) is 4.79 Å². The van der Waals surface area contributed by atoms with Gasteiger partial charge in [0.1, 0.15) is 13.2 Å². The summed E-state index contributed by atoms with van der Waals surface area (Å²) in [5.41, 5.74) is 0.937.